The molecule has 3 atom stereocenters. The molecule has 7 nitrogen and oxygen atoms in total. The Hall–Kier alpha value is -3.75. The molecule has 3 aliphatic rings. The monoisotopic (exact) mass is 571 g/mol. The van der Waals surface area contributed by atoms with E-state index in [4.69, 9.17) is 21.3 Å². The lowest BCUT2D eigenvalue weighted by molar-refractivity contribution is -0.127. The SMILES string of the molecule is C=CC(=O)N1CC[C@H]2[C@H]1CN2c1nc(OC[C@@H]2CCCN2C)nc2c(F)c(-c3cccc4cccc(Cl)c34)ccc12. The van der Waals surface area contributed by atoms with Gasteiger partial charge < -0.3 is 19.4 Å². The van der Waals surface area contributed by atoms with Gasteiger partial charge in [0.1, 0.15) is 17.9 Å². The van der Waals surface area contributed by atoms with E-state index in [1.54, 1.807) is 6.07 Å². The van der Waals surface area contributed by atoms with Gasteiger partial charge in [-0.3, -0.25) is 4.79 Å². The number of fused-ring (bicyclic) bond motifs is 3. The zero-order valence-electron chi connectivity index (χ0n) is 22.9. The smallest absolute Gasteiger partial charge is 0.319 e. The lowest BCUT2D eigenvalue weighted by Gasteiger charge is -2.47. The van der Waals surface area contributed by atoms with Crippen LogP contribution in [0.25, 0.3) is 32.8 Å². The highest BCUT2D eigenvalue weighted by molar-refractivity contribution is 6.36. The number of carbonyl (C=O) groups is 1. The van der Waals surface area contributed by atoms with Crippen molar-refractivity contribution in [2.24, 2.45) is 0 Å². The first-order valence-electron chi connectivity index (χ1n) is 14.1. The number of anilines is 1. The van der Waals surface area contributed by atoms with E-state index in [9.17, 15) is 4.79 Å². The van der Waals surface area contributed by atoms with Gasteiger partial charge in [0.25, 0.3) is 0 Å². The molecule has 0 N–H and O–H groups in total. The predicted octanol–water partition coefficient (Wildman–Crippen LogP) is 5.69. The topological polar surface area (TPSA) is 61.8 Å². The van der Waals surface area contributed by atoms with E-state index in [2.05, 4.69) is 28.4 Å². The second kappa shape index (κ2) is 10.3. The van der Waals surface area contributed by atoms with Crippen LogP contribution in [-0.4, -0.2) is 77.1 Å². The number of rotatable bonds is 6. The largest absolute Gasteiger partial charge is 0.462 e. The van der Waals surface area contributed by atoms with Gasteiger partial charge in [-0.25, -0.2) is 4.39 Å². The molecular formula is C32H31ClFN5O2. The minimum Gasteiger partial charge on any atom is -0.462 e. The van der Waals surface area contributed by atoms with E-state index >= 15 is 4.39 Å². The summed E-state index contributed by atoms with van der Waals surface area (Å²) in [5.74, 6) is 0.146. The number of hydrogen-bond acceptors (Lipinski definition) is 6. The molecule has 3 fully saturated rings. The van der Waals surface area contributed by atoms with Gasteiger partial charge in [0, 0.05) is 40.5 Å². The van der Waals surface area contributed by atoms with E-state index in [0.29, 0.717) is 47.1 Å². The third-order valence-electron chi connectivity index (χ3n) is 9.01. The Kier molecular flexibility index (Phi) is 6.55. The average molecular weight is 572 g/mol. The van der Waals surface area contributed by atoms with Crippen molar-refractivity contribution in [3.8, 4) is 17.1 Å². The highest BCUT2D eigenvalue weighted by Crippen LogP contribution is 2.42. The van der Waals surface area contributed by atoms with Crippen LogP contribution in [0.4, 0.5) is 10.2 Å². The summed E-state index contributed by atoms with van der Waals surface area (Å²) < 4.78 is 22.7. The summed E-state index contributed by atoms with van der Waals surface area (Å²) in [5, 5.41) is 2.93. The number of likely N-dealkylation sites (tertiary alicyclic amines) is 2. The minimum absolute atomic E-state index is 0.0566. The number of amides is 1. The van der Waals surface area contributed by atoms with Crippen LogP contribution in [0.15, 0.2) is 61.2 Å². The Morgan fingerprint density at radius 2 is 1.93 bits per heavy atom. The third-order valence-corrected chi connectivity index (χ3v) is 9.33. The van der Waals surface area contributed by atoms with E-state index in [1.807, 2.05) is 47.4 Å². The molecule has 3 aliphatic heterocycles. The molecule has 0 radical (unpaired) electrons. The van der Waals surface area contributed by atoms with Gasteiger partial charge in [-0.2, -0.15) is 9.97 Å². The predicted molar refractivity (Wildman–Crippen MR) is 160 cm³/mol. The number of hydrogen-bond donors (Lipinski definition) is 0. The van der Waals surface area contributed by atoms with E-state index < -0.39 is 5.82 Å². The zero-order valence-corrected chi connectivity index (χ0v) is 23.6. The Morgan fingerprint density at radius 3 is 2.71 bits per heavy atom. The van der Waals surface area contributed by atoms with Crippen molar-refractivity contribution in [1.29, 1.82) is 0 Å². The standard InChI is InChI=1S/C32H31ClFN5O2/c1-3-27(40)38-16-14-25-26(38)17-39(25)31-23-13-12-22(21-10-4-7-19-8-5-11-24(33)28(19)21)29(34)30(23)35-32(36-31)41-18-20-9-6-15-37(20)2/h3-5,7-8,10-13,20,25-26H,1,6,9,14-18H2,2H3/t20-,25-,26+/m0/s1. The average Bonchev–Trinajstić information content (AvgIpc) is 3.53. The normalized spacial score (nSPS) is 22.3. The van der Waals surface area contributed by atoms with Crippen LogP contribution < -0.4 is 9.64 Å². The molecule has 3 saturated heterocycles. The van der Waals surface area contributed by atoms with Gasteiger partial charge in [-0.05, 0) is 62.0 Å². The molecule has 0 bridgehead atoms. The second-order valence-corrected chi connectivity index (χ2v) is 11.6. The fourth-order valence-corrected chi connectivity index (χ4v) is 7.04. The van der Waals surface area contributed by atoms with Crippen molar-refractivity contribution < 1.29 is 13.9 Å². The number of benzene rings is 3. The summed E-state index contributed by atoms with van der Waals surface area (Å²) >= 11 is 6.60. The van der Waals surface area contributed by atoms with Crippen LogP contribution in [0.2, 0.25) is 5.02 Å². The third kappa shape index (κ3) is 4.32. The summed E-state index contributed by atoms with van der Waals surface area (Å²) in [5.41, 5.74) is 1.35. The maximum absolute atomic E-state index is 16.6. The highest BCUT2D eigenvalue weighted by atomic mass is 35.5. The van der Waals surface area contributed by atoms with Crippen LogP contribution in [0.1, 0.15) is 19.3 Å². The molecule has 0 saturated carbocycles. The molecular weight excluding hydrogens is 541 g/mol. The van der Waals surface area contributed by atoms with Crippen LogP contribution in [0.5, 0.6) is 6.01 Å². The molecule has 210 valence electrons. The van der Waals surface area contributed by atoms with Crippen LogP contribution in [0.3, 0.4) is 0 Å². The summed E-state index contributed by atoms with van der Waals surface area (Å²) in [6.07, 6.45) is 4.35. The number of halogens is 2. The van der Waals surface area contributed by atoms with E-state index in [1.165, 1.54) is 6.08 Å². The molecule has 7 rings (SSSR count). The molecule has 9 heteroatoms. The number of ether oxygens (including phenoxy) is 1. The first kappa shape index (κ1) is 26.2. The van der Waals surface area contributed by atoms with Crippen molar-refractivity contribution >= 4 is 45.0 Å². The Balaban J connectivity index is 1.32. The van der Waals surface area contributed by atoms with Crippen LogP contribution in [-0.2, 0) is 4.79 Å². The van der Waals surface area contributed by atoms with Crippen molar-refractivity contribution in [3.63, 3.8) is 0 Å². The van der Waals surface area contributed by atoms with Gasteiger partial charge in [0.15, 0.2) is 5.82 Å². The first-order chi connectivity index (χ1) is 19.9. The van der Waals surface area contributed by atoms with Gasteiger partial charge in [0.05, 0.1) is 12.1 Å². The molecule has 0 aliphatic carbocycles. The van der Waals surface area contributed by atoms with E-state index in [-0.39, 0.29) is 35.6 Å². The number of likely N-dealkylation sites (N-methyl/N-ethyl adjacent to an activating group) is 1. The van der Waals surface area contributed by atoms with Crippen molar-refractivity contribution in [3.05, 3.63) is 72.0 Å². The number of carbonyl (C=O) groups excluding carboxylic acids is 1. The molecule has 3 aromatic carbocycles. The van der Waals surface area contributed by atoms with Crippen molar-refractivity contribution in [1.82, 2.24) is 19.8 Å². The quantitative estimate of drug-likeness (QED) is 0.277. The van der Waals surface area contributed by atoms with Gasteiger partial charge in [-0.1, -0.05) is 54.6 Å². The molecule has 1 aromatic heterocycles. The molecule has 0 unspecified atom stereocenters. The summed E-state index contributed by atoms with van der Waals surface area (Å²) in [6.45, 7) is 6.40. The lowest BCUT2D eigenvalue weighted by Crippen LogP contribution is -2.63. The molecule has 41 heavy (non-hydrogen) atoms. The Labute approximate surface area is 243 Å². The minimum atomic E-state index is -0.437. The number of aromatic nitrogens is 2. The van der Waals surface area contributed by atoms with E-state index in [0.717, 1.165) is 36.6 Å². The van der Waals surface area contributed by atoms with Gasteiger partial charge in [0.2, 0.25) is 5.91 Å². The fraction of sp³-hybridized carbons (Fsp3) is 0.344. The molecule has 4 heterocycles. The molecule has 0 spiro atoms. The van der Waals surface area contributed by atoms with Crippen molar-refractivity contribution in [2.45, 2.75) is 37.4 Å². The Bertz CT molecular complexity index is 1690. The molecule has 4 aromatic rings. The van der Waals surface area contributed by atoms with Crippen LogP contribution >= 0.6 is 11.6 Å². The second-order valence-electron chi connectivity index (χ2n) is 11.2. The maximum Gasteiger partial charge on any atom is 0.319 e. The summed E-state index contributed by atoms with van der Waals surface area (Å²) in [7, 11) is 2.09. The first-order valence-corrected chi connectivity index (χ1v) is 14.5. The van der Waals surface area contributed by atoms with Gasteiger partial charge >= 0.3 is 6.01 Å². The van der Waals surface area contributed by atoms with Crippen LogP contribution in [0, 0.1) is 5.82 Å². The number of nitrogens with zero attached hydrogens (tertiary/aromatic N) is 5. The molecule has 1 amide bonds. The van der Waals surface area contributed by atoms with Gasteiger partial charge in [-0.15, -0.1) is 0 Å². The fourth-order valence-electron chi connectivity index (χ4n) is 6.75. The summed E-state index contributed by atoms with van der Waals surface area (Å²) in [4.78, 5) is 28.1. The lowest BCUT2D eigenvalue weighted by atomic mass is 9.94. The Morgan fingerprint density at radius 1 is 1.10 bits per heavy atom. The maximum atomic E-state index is 16.6. The zero-order chi connectivity index (χ0) is 28.2. The van der Waals surface area contributed by atoms with Crippen molar-refractivity contribution in [2.75, 3.05) is 38.2 Å². The highest BCUT2D eigenvalue weighted by Gasteiger charge is 2.49. The summed E-state index contributed by atoms with van der Waals surface area (Å²) in [6, 6.07) is 15.8.